The third-order valence-corrected chi connectivity index (χ3v) is 4.48. The number of amides is 2. The smallest absolute Gasteiger partial charge is 0.248 e. The normalized spacial score (nSPS) is 16.4. The highest BCUT2D eigenvalue weighted by Crippen LogP contribution is 2.31. The zero-order valence-corrected chi connectivity index (χ0v) is 14.0. The summed E-state index contributed by atoms with van der Waals surface area (Å²) in [6.45, 7) is 3.96. The molecule has 6 nitrogen and oxygen atoms in total. The summed E-state index contributed by atoms with van der Waals surface area (Å²) in [5.41, 5.74) is 4.47. The molecule has 0 bridgehead atoms. The molecule has 1 atom stereocenters. The minimum atomic E-state index is -0.628. The summed E-state index contributed by atoms with van der Waals surface area (Å²) in [4.78, 5) is 29.4. The van der Waals surface area contributed by atoms with Crippen LogP contribution in [0.3, 0.4) is 0 Å². The van der Waals surface area contributed by atoms with Crippen LogP contribution in [0, 0.1) is 13.8 Å². The molecule has 2 heterocycles. The molecular weight excluding hydrogens is 316 g/mol. The van der Waals surface area contributed by atoms with E-state index >= 15 is 0 Å². The van der Waals surface area contributed by atoms with E-state index in [0.717, 1.165) is 27.8 Å². The second kappa shape index (κ2) is 5.73. The molecular formula is C19H18N4O2. The number of carbonyl (C=O) groups excluding carboxylic acids is 2. The van der Waals surface area contributed by atoms with Crippen molar-refractivity contribution in [2.75, 3.05) is 10.6 Å². The molecule has 0 spiro atoms. The number of hydrogen-bond acceptors (Lipinski definition) is 3. The number of imidazole rings is 1. The molecule has 2 N–H and O–H groups in total. The maximum absolute atomic E-state index is 12.9. The summed E-state index contributed by atoms with van der Waals surface area (Å²) in [6.07, 6.45) is 0.0874. The second-order valence-corrected chi connectivity index (χ2v) is 6.37. The molecule has 3 aromatic rings. The van der Waals surface area contributed by atoms with Gasteiger partial charge >= 0.3 is 0 Å². The largest absolute Gasteiger partial charge is 0.324 e. The van der Waals surface area contributed by atoms with Gasteiger partial charge in [0.15, 0.2) is 0 Å². The maximum atomic E-state index is 12.9. The maximum Gasteiger partial charge on any atom is 0.248 e. The molecule has 0 radical (unpaired) electrons. The van der Waals surface area contributed by atoms with Gasteiger partial charge in [-0.25, -0.2) is 4.98 Å². The topological polar surface area (TPSA) is 76.0 Å². The predicted octanol–water partition coefficient (Wildman–Crippen LogP) is 3.18. The van der Waals surface area contributed by atoms with Crippen LogP contribution in [-0.4, -0.2) is 21.4 Å². The van der Waals surface area contributed by atoms with Crippen LogP contribution in [0.1, 0.15) is 23.6 Å². The van der Waals surface area contributed by atoms with Gasteiger partial charge in [-0.3, -0.25) is 19.5 Å². The van der Waals surface area contributed by atoms with Crippen molar-refractivity contribution in [3.05, 3.63) is 53.6 Å². The van der Waals surface area contributed by atoms with Gasteiger partial charge in [0.2, 0.25) is 17.8 Å². The number of benzene rings is 2. The first-order valence-electron chi connectivity index (χ1n) is 8.18. The Kier molecular flexibility index (Phi) is 3.53. The van der Waals surface area contributed by atoms with Crippen molar-refractivity contribution < 1.29 is 9.59 Å². The molecule has 6 heteroatoms. The van der Waals surface area contributed by atoms with Gasteiger partial charge in [0.1, 0.15) is 6.04 Å². The van der Waals surface area contributed by atoms with Gasteiger partial charge in [0.25, 0.3) is 0 Å². The number of anilines is 2. The van der Waals surface area contributed by atoms with E-state index in [-0.39, 0.29) is 18.2 Å². The van der Waals surface area contributed by atoms with Crippen LogP contribution < -0.4 is 10.6 Å². The Morgan fingerprint density at radius 2 is 2.04 bits per heavy atom. The molecule has 0 saturated heterocycles. The summed E-state index contributed by atoms with van der Waals surface area (Å²) in [5, 5.41) is 5.71. The van der Waals surface area contributed by atoms with Gasteiger partial charge in [0, 0.05) is 5.69 Å². The summed E-state index contributed by atoms with van der Waals surface area (Å²) in [5.74, 6) is -0.00646. The molecule has 126 valence electrons. The minimum Gasteiger partial charge on any atom is -0.324 e. The quantitative estimate of drug-likeness (QED) is 0.756. The van der Waals surface area contributed by atoms with E-state index in [1.807, 2.05) is 56.3 Å². The average Bonchev–Trinajstić information content (AvgIpc) is 2.94. The van der Waals surface area contributed by atoms with Gasteiger partial charge in [-0.1, -0.05) is 29.8 Å². The summed E-state index contributed by atoms with van der Waals surface area (Å²) < 4.78 is 1.80. The van der Waals surface area contributed by atoms with Crippen molar-refractivity contribution in [2.24, 2.45) is 0 Å². The zero-order valence-electron chi connectivity index (χ0n) is 14.0. The van der Waals surface area contributed by atoms with Crippen molar-refractivity contribution in [1.82, 2.24) is 9.55 Å². The molecule has 2 aromatic carbocycles. The van der Waals surface area contributed by atoms with Crippen LogP contribution in [-0.2, 0) is 9.59 Å². The number of para-hydroxylation sites is 2. The third kappa shape index (κ3) is 2.65. The number of hydrogen-bond donors (Lipinski definition) is 2. The van der Waals surface area contributed by atoms with Crippen molar-refractivity contribution in [3.63, 3.8) is 0 Å². The van der Waals surface area contributed by atoms with Crippen molar-refractivity contribution in [1.29, 1.82) is 0 Å². The lowest BCUT2D eigenvalue weighted by atomic mass is 10.1. The second-order valence-electron chi connectivity index (χ2n) is 6.37. The van der Waals surface area contributed by atoms with E-state index in [1.54, 1.807) is 4.57 Å². The van der Waals surface area contributed by atoms with Gasteiger partial charge < -0.3 is 5.32 Å². The monoisotopic (exact) mass is 334 g/mol. The van der Waals surface area contributed by atoms with E-state index < -0.39 is 6.04 Å². The fourth-order valence-electron chi connectivity index (χ4n) is 3.27. The standard InChI is InChI=1S/C19H18N4O2/c1-11-7-8-13(12(2)9-11)20-18(25)16-10-17(24)22-19-21-14-5-3-4-6-15(14)23(16)19/h3-9,16H,10H2,1-2H3,(H,20,25)(H,21,22,24)/t16-/m0/s1. The fraction of sp³-hybridized carbons (Fsp3) is 0.211. The number of fused-ring (bicyclic) bond motifs is 3. The van der Waals surface area contributed by atoms with Crippen molar-refractivity contribution in [2.45, 2.75) is 26.3 Å². The third-order valence-electron chi connectivity index (χ3n) is 4.48. The van der Waals surface area contributed by atoms with Gasteiger partial charge in [-0.2, -0.15) is 0 Å². The lowest BCUT2D eigenvalue weighted by Gasteiger charge is -2.25. The highest BCUT2D eigenvalue weighted by Gasteiger charge is 2.32. The van der Waals surface area contributed by atoms with Crippen LogP contribution >= 0.6 is 0 Å². The fourth-order valence-corrected chi connectivity index (χ4v) is 3.27. The first-order valence-corrected chi connectivity index (χ1v) is 8.18. The Morgan fingerprint density at radius 1 is 1.24 bits per heavy atom. The summed E-state index contributed by atoms with van der Waals surface area (Å²) >= 11 is 0. The summed E-state index contributed by atoms with van der Waals surface area (Å²) in [7, 11) is 0. The van der Waals surface area contributed by atoms with Gasteiger partial charge in [-0.05, 0) is 37.6 Å². The van der Waals surface area contributed by atoms with E-state index in [0.29, 0.717) is 5.95 Å². The average molecular weight is 334 g/mol. The minimum absolute atomic E-state index is 0.0874. The molecule has 0 fully saturated rings. The lowest BCUT2D eigenvalue weighted by Crippen LogP contribution is -2.35. The Bertz CT molecular complexity index is 1010. The Hall–Kier alpha value is -3.15. The van der Waals surface area contributed by atoms with E-state index in [2.05, 4.69) is 15.6 Å². The van der Waals surface area contributed by atoms with Crippen LogP contribution in [0.5, 0.6) is 0 Å². The van der Waals surface area contributed by atoms with Crippen molar-refractivity contribution >= 4 is 34.5 Å². The highest BCUT2D eigenvalue weighted by molar-refractivity contribution is 6.03. The summed E-state index contributed by atoms with van der Waals surface area (Å²) in [6, 6.07) is 12.8. The number of nitrogens with zero attached hydrogens (tertiary/aromatic N) is 2. The molecule has 2 amide bonds. The highest BCUT2D eigenvalue weighted by atomic mass is 16.2. The molecule has 1 aromatic heterocycles. The molecule has 0 unspecified atom stereocenters. The molecule has 1 aliphatic heterocycles. The van der Waals surface area contributed by atoms with E-state index in [1.165, 1.54) is 0 Å². The van der Waals surface area contributed by atoms with Crippen LogP contribution in [0.4, 0.5) is 11.6 Å². The number of aromatic nitrogens is 2. The SMILES string of the molecule is Cc1ccc(NC(=O)[C@@H]2CC(=O)Nc3nc4ccccc4n32)c(C)c1. The van der Waals surface area contributed by atoms with Crippen LogP contribution in [0.15, 0.2) is 42.5 Å². The zero-order chi connectivity index (χ0) is 17.6. The van der Waals surface area contributed by atoms with E-state index in [4.69, 9.17) is 0 Å². The number of aryl methyl sites for hydroxylation is 2. The van der Waals surface area contributed by atoms with Crippen LogP contribution in [0.25, 0.3) is 11.0 Å². The van der Waals surface area contributed by atoms with Gasteiger partial charge in [-0.15, -0.1) is 0 Å². The molecule has 1 aliphatic rings. The first kappa shape index (κ1) is 15.4. The first-order chi connectivity index (χ1) is 12.0. The molecule has 0 aliphatic carbocycles. The number of rotatable bonds is 2. The molecule has 4 rings (SSSR count). The van der Waals surface area contributed by atoms with Crippen LogP contribution in [0.2, 0.25) is 0 Å². The number of nitrogens with one attached hydrogen (secondary N) is 2. The predicted molar refractivity (Wildman–Crippen MR) is 96.6 cm³/mol. The van der Waals surface area contributed by atoms with E-state index in [9.17, 15) is 9.59 Å². The lowest BCUT2D eigenvalue weighted by molar-refractivity contribution is -0.124. The number of carbonyl (C=O) groups is 2. The van der Waals surface area contributed by atoms with Crippen molar-refractivity contribution in [3.8, 4) is 0 Å². The van der Waals surface area contributed by atoms with Gasteiger partial charge in [0.05, 0.1) is 17.5 Å². The Labute approximate surface area is 144 Å². The Balaban J connectivity index is 1.73. The molecule has 0 saturated carbocycles. The molecule has 25 heavy (non-hydrogen) atoms. The Morgan fingerprint density at radius 3 is 2.84 bits per heavy atom.